The first-order chi connectivity index (χ1) is 10.1. The van der Waals surface area contributed by atoms with Gasteiger partial charge in [0.05, 0.1) is 17.0 Å². The molecule has 8 heteroatoms. The van der Waals surface area contributed by atoms with Gasteiger partial charge < -0.3 is 5.32 Å². The fourth-order valence-corrected chi connectivity index (χ4v) is 2.65. The lowest BCUT2D eigenvalue weighted by molar-refractivity contribution is -0.384. The Labute approximate surface area is 123 Å². The zero-order chi connectivity index (χ0) is 14.8. The number of nitro groups is 1. The monoisotopic (exact) mass is 301 g/mol. The van der Waals surface area contributed by atoms with Crippen molar-refractivity contribution in [3.8, 4) is 0 Å². The molecule has 0 unspecified atom stereocenters. The van der Waals surface area contributed by atoms with Crippen LogP contribution in [0, 0.1) is 17.0 Å². The van der Waals surface area contributed by atoms with Crippen LogP contribution in [-0.2, 0) is 6.54 Å². The fourth-order valence-electron chi connectivity index (χ4n) is 1.94. The summed E-state index contributed by atoms with van der Waals surface area (Å²) >= 11 is 1.56. The van der Waals surface area contributed by atoms with Crippen LogP contribution in [0.2, 0.25) is 0 Å². The molecule has 0 saturated heterocycles. The largest absolute Gasteiger partial charge is 0.363 e. The number of fused-ring (bicyclic) bond motifs is 1. The van der Waals surface area contributed by atoms with E-state index in [1.807, 2.05) is 12.3 Å². The first-order valence-electron chi connectivity index (χ1n) is 6.17. The number of aromatic nitrogens is 3. The molecule has 0 fully saturated rings. The van der Waals surface area contributed by atoms with Gasteiger partial charge in [-0.25, -0.2) is 15.0 Å². The fraction of sp³-hybridized carbons (Fsp3) is 0.154. The molecule has 0 radical (unpaired) electrons. The molecule has 21 heavy (non-hydrogen) atoms. The molecule has 2 aromatic heterocycles. The van der Waals surface area contributed by atoms with Gasteiger partial charge in [-0.15, -0.1) is 11.3 Å². The number of aryl methyl sites for hydroxylation is 1. The molecule has 1 N–H and O–H groups in total. The van der Waals surface area contributed by atoms with Gasteiger partial charge >= 0.3 is 0 Å². The van der Waals surface area contributed by atoms with E-state index in [2.05, 4.69) is 20.3 Å². The van der Waals surface area contributed by atoms with E-state index >= 15 is 0 Å². The Kier molecular flexibility index (Phi) is 3.44. The van der Waals surface area contributed by atoms with E-state index in [0.717, 1.165) is 10.7 Å². The van der Waals surface area contributed by atoms with Crippen molar-refractivity contribution in [3.05, 3.63) is 50.7 Å². The molecule has 106 valence electrons. The highest BCUT2D eigenvalue weighted by Gasteiger charge is 2.10. The number of nitro benzene ring substituents is 1. The Morgan fingerprint density at radius 2 is 2.24 bits per heavy atom. The SMILES string of the molecule is Cc1csc(CNc2ncnc3ccc([N+](=O)[O-])cc23)n1. The zero-order valence-corrected chi connectivity index (χ0v) is 11.9. The number of anilines is 1. The molecule has 2 heterocycles. The Hall–Kier alpha value is -2.61. The highest BCUT2D eigenvalue weighted by Crippen LogP contribution is 2.24. The van der Waals surface area contributed by atoms with E-state index in [1.54, 1.807) is 17.4 Å². The molecule has 3 aromatic rings. The van der Waals surface area contributed by atoms with Crippen LogP contribution in [-0.4, -0.2) is 19.9 Å². The summed E-state index contributed by atoms with van der Waals surface area (Å²) in [5, 5.41) is 17.6. The second-order valence-electron chi connectivity index (χ2n) is 4.42. The van der Waals surface area contributed by atoms with Crippen molar-refractivity contribution in [2.45, 2.75) is 13.5 Å². The Balaban J connectivity index is 1.93. The maximum Gasteiger partial charge on any atom is 0.270 e. The topological polar surface area (TPSA) is 93.8 Å². The van der Waals surface area contributed by atoms with Crippen LogP contribution in [0.15, 0.2) is 29.9 Å². The van der Waals surface area contributed by atoms with Crippen LogP contribution in [0.25, 0.3) is 10.9 Å². The van der Waals surface area contributed by atoms with Crippen molar-refractivity contribution in [3.63, 3.8) is 0 Å². The average molecular weight is 301 g/mol. The number of nitrogens with one attached hydrogen (secondary N) is 1. The molecule has 0 bridgehead atoms. The summed E-state index contributed by atoms with van der Waals surface area (Å²) in [6.45, 7) is 2.46. The molecular formula is C13H11N5O2S. The number of hydrogen-bond donors (Lipinski definition) is 1. The van der Waals surface area contributed by atoms with E-state index in [9.17, 15) is 10.1 Å². The summed E-state index contributed by atoms with van der Waals surface area (Å²) in [7, 11) is 0. The van der Waals surface area contributed by atoms with E-state index in [0.29, 0.717) is 23.3 Å². The molecule has 0 amide bonds. The summed E-state index contributed by atoms with van der Waals surface area (Å²) in [6.07, 6.45) is 1.43. The lowest BCUT2D eigenvalue weighted by Crippen LogP contribution is -2.02. The minimum absolute atomic E-state index is 0.0189. The summed E-state index contributed by atoms with van der Waals surface area (Å²) in [5.74, 6) is 0.566. The van der Waals surface area contributed by atoms with Crippen LogP contribution in [0.4, 0.5) is 11.5 Å². The predicted octanol–water partition coefficient (Wildman–Crippen LogP) is 2.92. The number of non-ortho nitro benzene ring substituents is 1. The maximum absolute atomic E-state index is 10.9. The molecule has 3 rings (SSSR count). The number of benzene rings is 1. The van der Waals surface area contributed by atoms with Gasteiger partial charge in [-0.3, -0.25) is 10.1 Å². The zero-order valence-electron chi connectivity index (χ0n) is 11.1. The molecule has 0 aliphatic heterocycles. The lowest BCUT2D eigenvalue weighted by Gasteiger charge is -2.06. The third kappa shape index (κ3) is 2.79. The number of rotatable bonds is 4. The Bertz CT molecular complexity index is 817. The van der Waals surface area contributed by atoms with Crippen LogP contribution in [0.5, 0.6) is 0 Å². The van der Waals surface area contributed by atoms with Crippen LogP contribution in [0.1, 0.15) is 10.7 Å². The smallest absolute Gasteiger partial charge is 0.270 e. The summed E-state index contributed by atoms with van der Waals surface area (Å²) < 4.78 is 0. The van der Waals surface area contributed by atoms with Gasteiger partial charge in [-0.1, -0.05) is 0 Å². The van der Waals surface area contributed by atoms with E-state index in [4.69, 9.17) is 0 Å². The van der Waals surface area contributed by atoms with E-state index < -0.39 is 4.92 Å². The average Bonchev–Trinajstić information content (AvgIpc) is 2.90. The van der Waals surface area contributed by atoms with Crippen LogP contribution in [0.3, 0.4) is 0 Å². The predicted molar refractivity (Wildman–Crippen MR) is 80.4 cm³/mol. The quantitative estimate of drug-likeness (QED) is 0.588. The summed E-state index contributed by atoms with van der Waals surface area (Å²) in [4.78, 5) is 23.1. The standard InChI is InChI=1S/C13H11N5O2S/c1-8-6-21-12(17-8)5-14-13-10-4-9(18(19)20)2-3-11(10)15-7-16-13/h2-4,6-7H,5H2,1H3,(H,14,15,16). The second-order valence-corrected chi connectivity index (χ2v) is 5.36. The first-order valence-corrected chi connectivity index (χ1v) is 7.05. The number of thiazole rings is 1. The molecular weight excluding hydrogens is 290 g/mol. The highest BCUT2D eigenvalue weighted by atomic mass is 32.1. The van der Waals surface area contributed by atoms with E-state index in [1.165, 1.54) is 18.5 Å². The molecule has 0 spiro atoms. The normalized spacial score (nSPS) is 10.7. The van der Waals surface area contributed by atoms with Crippen molar-refractivity contribution in [2.75, 3.05) is 5.32 Å². The van der Waals surface area contributed by atoms with Crippen LogP contribution < -0.4 is 5.32 Å². The van der Waals surface area contributed by atoms with Crippen molar-refractivity contribution in [1.82, 2.24) is 15.0 Å². The van der Waals surface area contributed by atoms with Gasteiger partial charge in [0.25, 0.3) is 5.69 Å². The Morgan fingerprint density at radius 1 is 1.38 bits per heavy atom. The van der Waals surface area contributed by atoms with Gasteiger partial charge in [0, 0.05) is 28.6 Å². The van der Waals surface area contributed by atoms with Gasteiger partial charge in [0.2, 0.25) is 0 Å². The van der Waals surface area contributed by atoms with Crippen molar-refractivity contribution in [2.24, 2.45) is 0 Å². The van der Waals surface area contributed by atoms with Crippen molar-refractivity contribution >= 4 is 33.7 Å². The highest BCUT2D eigenvalue weighted by molar-refractivity contribution is 7.09. The lowest BCUT2D eigenvalue weighted by atomic mass is 10.2. The van der Waals surface area contributed by atoms with Crippen LogP contribution >= 0.6 is 11.3 Å². The van der Waals surface area contributed by atoms with Gasteiger partial charge in [-0.2, -0.15) is 0 Å². The first kappa shape index (κ1) is 13.4. The molecule has 0 saturated carbocycles. The van der Waals surface area contributed by atoms with Gasteiger partial charge in [0.15, 0.2) is 0 Å². The molecule has 7 nitrogen and oxygen atoms in total. The molecule has 0 aliphatic carbocycles. The molecule has 1 aromatic carbocycles. The molecule has 0 atom stereocenters. The summed E-state index contributed by atoms with van der Waals surface area (Å²) in [6, 6.07) is 4.53. The van der Waals surface area contributed by atoms with Crippen molar-refractivity contribution in [1.29, 1.82) is 0 Å². The Morgan fingerprint density at radius 3 is 2.95 bits per heavy atom. The maximum atomic E-state index is 10.9. The van der Waals surface area contributed by atoms with Gasteiger partial charge in [0.1, 0.15) is 17.2 Å². The second kappa shape index (κ2) is 5.41. The van der Waals surface area contributed by atoms with E-state index in [-0.39, 0.29) is 5.69 Å². The summed E-state index contributed by atoms with van der Waals surface area (Å²) in [5.41, 5.74) is 1.65. The number of hydrogen-bond acceptors (Lipinski definition) is 7. The third-order valence-electron chi connectivity index (χ3n) is 2.90. The third-order valence-corrected chi connectivity index (χ3v) is 3.87. The molecule has 0 aliphatic rings. The minimum Gasteiger partial charge on any atom is -0.363 e. The number of nitrogens with zero attached hydrogens (tertiary/aromatic N) is 4. The van der Waals surface area contributed by atoms with Gasteiger partial charge in [-0.05, 0) is 13.0 Å². The minimum atomic E-state index is -0.430. The van der Waals surface area contributed by atoms with Crippen molar-refractivity contribution < 1.29 is 4.92 Å².